The molecule has 1 fully saturated rings. The van der Waals surface area contributed by atoms with Crippen molar-refractivity contribution in [2.75, 3.05) is 17.2 Å². The van der Waals surface area contributed by atoms with Crippen molar-refractivity contribution in [2.24, 2.45) is 0 Å². The van der Waals surface area contributed by atoms with Gasteiger partial charge in [-0.2, -0.15) is 0 Å². The van der Waals surface area contributed by atoms with E-state index in [1.165, 1.54) is 38.5 Å². The van der Waals surface area contributed by atoms with E-state index in [2.05, 4.69) is 43.5 Å². The standard InChI is InChI=1S/C14H23BrN4/c1-2-9-16-13-12(15)14(18-10-17-13)19-11-7-5-3-4-6-8-11/h10-11H,2-9H2,1H3,(H2,16,17,18,19). The monoisotopic (exact) mass is 326 g/mol. The molecule has 0 amide bonds. The van der Waals surface area contributed by atoms with Gasteiger partial charge in [-0.15, -0.1) is 0 Å². The number of hydrogen-bond donors (Lipinski definition) is 2. The van der Waals surface area contributed by atoms with E-state index in [4.69, 9.17) is 0 Å². The van der Waals surface area contributed by atoms with Gasteiger partial charge in [0.1, 0.15) is 22.4 Å². The number of nitrogens with one attached hydrogen (secondary N) is 2. The summed E-state index contributed by atoms with van der Waals surface area (Å²) in [5.74, 6) is 1.80. The first-order valence-corrected chi connectivity index (χ1v) is 8.11. The Bertz CT molecular complexity index is 389. The van der Waals surface area contributed by atoms with Crippen LogP contribution < -0.4 is 10.6 Å². The van der Waals surface area contributed by atoms with Gasteiger partial charge in [0.05, 0.1) is 0 Å². The maximum Gasteiger partial charge on any atom is 0.146 e. The van der Waals surface area contributed by atoms with Gasteiger partial charge in [-0.25, -0.2) is 9.97 Å². The molecule has 1 aromatic rings. The summed E-state index contributed by atoms with van der Waals surface area (Å²) in [6.45, 7) is 3.07. The molecule has 1 heterocycles. The van der Waals surface area contributed by atoms with E-state index < -0.39 is 0 Å². The summed E-state index contributed by atoms with van der Waals surface area (Å²) < 4.78 is 0.952. The summed E-state index contributed by atoms with van der Waals surface area (Å²) in [7, 11) is 0. The van der Waals surface area contributed by atoms with Crippen molar-refractivity contribution >= 4 is 27.6 Å². The van der Waals surface area contributed by atoms with Crippen LogP contribution in [0, 0.1) is 0 Å². The van der Waals surface area contributed by atoms with Crippen LogP contribution in [0.5, 0.6) is 0 Å². The molecule has 19 heavy (non-hydrogen) atoms. The van der Waals surface area contributed by atoms with Crippen molar-refractivity contribution in [3.63, 3.8) is 0 Å². The largest absolute Gasteiger partial charge is 0.369 e. The van der Waals surface area contributed by atoms with Crippen molar-refractivity contribution in [3.05, 3.63) is 10.8 Å². The fourth-order valence-electron chi connectivity index (χ4n) is 2.45. The normalized spacial score (nSPS) is 16.9. The molecular formula is C14H23BrN4. The first-order valence-electron chi connectivity index (χ1n) is 7.32. The van der Waals surface area contributed by atoms with Gasteiger partial charge in [-0.05, 0) is 35.2 Å². The van der Waals surface area contributed by atoms with E-state index in [1.807, 2.05) is 0 Å². The van der Waals surface area contributed by atoms with Crippen LogP contribution in [0.25, 0.3) is 0 Å². The summed E-state index contributed by atoms with van der Waals surface area (Å²) in [4.78, 5) is 8.64. The molecule has 1 aliphatic carbocycles. The molecule has 1 aliphatic rings. The molecule has 0 aromatic carbocycles. The third-order valence-corrected chi connectivity index (χ3v) is 4.28. The van der Waals surface area contributed by atoms with Gasteiger partial charge in [-0.3, -0.25) is 0 Å². The van der Waals surface area contributed by atoms with Crippen molar-refractivity contribution in [2.45, 2.75) is 57.9 Å². The molecule has 1 aromatic heterocycles. The highest BCUT2D eigenvalue weighted by atomic mass is 79.9. The van der Waals surface area contributed by atoms with Gasteiger partial charge >= 0.3 is 0 Å². The Labute approximate surface area is 123 Å². The fourth-order valence-corrected chi connectivity index (χ4v) is 2.91. The fraction of sp³-hybridized carbons (Fsp3) is 0.714. The van der Waals surface area contributed by atoms with Crippen LogP contribution in [-0.2, 0) is 0 Å². The van der Waals surface area contributed by atoms with Crippen molar-refractivity contribution in [1.82, 2.24) is 9.97 Å². The lowest BCUT2D eigenvalue weighted by Gasteiger charge is -2.18. The van der Waals surface area contributed by atoms with Crippen LogP contribution in [0.4, 0.5) is 11.6 Å². The molecule has 0 saturated heterocycles. The number of nitrogens with zero attached hydrogens (tertiary/aromatic N) is 2. The van der Waals surface area contributed by atoms with Gasteiger partial charge in [0.25, 0.3) is 0 Å². The second-order valence-electron chi connectivity index (χ2n) is 5.14. The van der Waals surface area contributed by atoms with E-state index in [-0.39, 0.29) is 0 Å². The van der Waals surface area contributed by atoms with Gasteiger partial charge in [0.15, 0.2) is 0 Å². The predicted molar refractivity (Wildman–Crippen MR) is 83.6 cm³/mol. The summed E-state index contributed by atoms with van der Waals surface area (Å²) in [5, 5.41) is 6.88. The molecule has 0 spiro atoms. The molecule has 2 N–H and O–H groups in total. The number of aromatic nitrogens is 2. The Morgan fingerprint density at radius 1 is 1.16 bits per heavy atom. The van der Waals surface area contributed by atoms with Gasteiger partial charge in [0.2, 0.25) is 0 Å². The lowest BCUT2D eigenvalue weighted by Crippen LogP contribution is -2.20. The molecule has 1 saturated carbocycles. The van der Waals surface area contributed by atoms with Crippen LogP contribution >= 0.6 is 15.9 Å². The van der Waals surface area contributed by atoms with E-state index in [9.17, 15) is 0 Å². The number of halogens is 1. The van der Waals surface area contributed by atoms with Crippen LogP contribution in [-0.4, -0.2) is 22.6 Å². The highest BCUT2D eigenvalue weighted by molar-refractivity contribution is 9.10. The first-order chi connectivity index (χ1) is 9.31. The minimum absolute atomic E-state index is 0.549. The summed E-state index contributed by atoms with van der Waals surface area (Å²) in [5.41, 5.74) is 0. The van der Waals surface area contributed by atoms with Crippen LogP contribution in [0.2, 0.25) is 0 Å². The van der Waals surface area contributed by atoms with Gasteiger partial charge < -0.3 is 10.6 Å². The minimum atomic E-state index is 0.549. The zero-order valence-corrected chi connectivity index (χ0v) is 13.2. The summed E-state index contributed by atoms with van der Waals surface area (Å²) in [6.07, 6.45) is 10.6. The second-order valence-corrected chi connectivity index (χ2v) is 5.94. The Morgan fingerprint density at radius 3 is 2.53 bits per heavy atom. The highest BCUT2D eigenvalue weighted by Crippen LogP contribution is 2.29. The number of rotatable bonds is 5. The molecule has 2 rings (SSSR count). The maximum atomic E-state index is 4.36. The minimum Gasteiger partial charge on any atom is -0.369 e. The number of anilines is 2. The molecule has 106 valence electrons. The molecule has 5 heteroatoms. The molecule has 0 atom stereocenters. The lowest BCUT2D eigenvalue weighted by molar-refractivity contribution is 0.617. The molecule has 0 unspecified atom stereocenters. The third kappa shape index (κ3) is 4.34. The summed E-state index contributed by atoms with van der Waals surface area (Å²) in [6, 6.07) is 0.549. The Balaban J connectivity index is 2.02. The topological polar surface area (TPSA) is 49.8 Å². The Morgan fingerprint density at radius 2 is 1.84 bits per heavy atom. The first kappa shape index (κ1) is 14.6. The van der Waals surface area contributed by atoms with E-state index in [0.29, 0.717) is 6.04 Å². The SMILES string of the molecule is CCCNc1ncnc(NC2CCCCCC2)c1Br. The van der Waals surface area contributed by atoms with Crippen LogP contribution in [0.1, 0.15) is 51.9 Å². The molecule has 0 radical (unpaired) electrons. The zero-order chi connectivity index (χ0) is 13.5. The third-order valence-electron chi connectivity index (χ3n) is 3.53. The average Bonchev–Trinajstić information content (AvgIpc) is 2.68. The Kier molecular flexibility index (Phi) is 5.89. The van der Waals surface area contributed by atoms with E-state index in [0.717, 1.165) is 29.1 Å². The van der Waals surface area contributed by atoms with Crippen LogP contribution in [0.15, 0.2) is 10.8 Å². The smallest absolute Gasteiger partial charge is 0.146 e. The molecule has 4 nitrogen and oxygen atoms in total. The average molecular weight is 327 g/mol. The van der Waals surface area contributed by atoms with Crippen molar-refractivity contribution in [1.29, 1.82) is 0 Å². The quantitative estimate of drug-likeness (QED) is 0.796. The lowest BCUT2D eigenvalue weighted by atomic mass is 10.1. The number of hydrogen-bond acceptors (Lipinski definition) is 4. The van der Waals surface area contributed by atoms with E-state index >= 15 is 0 Å². The zero-order valence-electron chi connectivity index (χ0n) is 11.6. The van der Waals surface area contributed by atoms with Gasteiger partial charge in [0, 0.05) is 12.6 Å². The van der Waals surface area contributed by atoms with Crippen molar-refractivity contribution < 1.29 is 0 Å². The second kappa shape index (κ2) is 7.68. The molecule has 0 aliphatic heterocycles. The van der Waals surface area contributed by atoms with Crippen LogP contribution in [0.3, 0.4) is 0 Å². The molecular weight excluding hydrogens is 304 g/mol. The summed E-state index contributed by atoms with van der Waals surface area (Å²) >= 11 is 3.61. The van der Waals surface area contributed by atoms with E-state index in [1.54, 1.807) is 6.33 Å². The highest BCUT2D eigenvalue weighted by Gasteiger charge is 2.15. The predicted octanol–water partition coefficient (Wildman–Crippen LogP) is 4.20. The van der Waals surface area contributed by atoms with Crippen molar-refractivity contribution in [3.8, 4) is 0 Å². The van der Waals surface area contributed by atoms with Gasteiger partial charge in [-0.1, -0.05) is 32.6 Å². The molecule has 0 bridgehead atoms. The maximum absolute atomic E-state index is 4.36. The Hall–Kier alpha value is -0.840.